The van der Waals surface area contributed by atoms with E-state index < -0.39 is 0 Å². The van der Waals surface area contributed by atoms with Gasteiger partial charge >= 0.3 is 0 Å². The van der Waals surface area contributed by atoms with E-state index in [-0.39, 0.29) is 11.9 Å². The molecule has 1 aromatic heterocycles. The summed E-state index contributed by atoms with van der Waals surface area (Å²) >= 11 is 0. The number of carbonyl (C=O) groups is 1. The predicted octanol–water partition coefficient (Wildman–Crippen LogP) is 2.60. The second-order valence-electron chi connectivity index (χ2n) is 5.93. The van der Waals surface area contributed by atoms with Gasteiger partial charge in [-0.25, -0.2) is 0 Å². The van der Waals surface area contributed by atoms with Gasteiger partial charge in [0.25, 0.3) is 0 Å². The van der Waals surface area contributed by atoms with Crippen LogP contribution in [-0.2, 0) is 4.79 Å². The number of rotatable bonds is 2. The standard InChI is InChI=1S/C17H21N3O/c1-12-6-7-14-13(11-12)15(8-9-18-14)20-10-4-5-16(20)17(21)19(2)3/h6-9,11,16H,4-5,10H2,1-3H3. The van der Waals surface area contributed by atoms with Crippen LogP contribution >= 0.6 is 0 Å². The van der Waals surface area contributed by atoms with Crippen molar-refractivity contribution in [3.63, 3.8) is 0 Å². The first kappa shape index (κ1) is 13.9. The van der Waals surface area contributed by atoms with Gasteiger partial charge in [-0.05, 0) is 38.0 Å². The summed E-state index contributed by atoms with van der Waals surface area (Å²) in [6.45, 7) is 3.01. The molecule has 0 N–H and O–H groups in total. The average Bonchev–Trinajstić information content (AvgIpc) is 2.94. The summed E-state index contributed by atoms with van der Waals surface area (Å²) in [5.74, 6) is 0.185. The molecule has 1 saturated heterocycles. The molecule has 2 heterocycles. The Morgan fingerprint density at radius 3 is 2.90 bits per heavy atom. The lowest BCUT2D eigenvalue weighted by atomic mass is 10.1. The van der Waals surface area contributed by atoms with Crippen LogP contribution in [0.1, 0.15) is 18.4 Å². The topological polar surface area (TPSA) is 36.4 Å². The molecular weight excluding hydrogens is 262 g/mol. The first-order valence-corrected chi connectivity index (χ1v) is 7.41. The van der Waals surface area contributed by atoms with Crippen LogP contribution in [0.5, 0.6) is 0 Å². The number of pyridine rings is 1. The zero-order chi connectivity index (χ0) is 15.0. The monoisotopic (exact) mass is 283 g/mol. The van der Waals surface area contributed by atoms with Crippen LogP contribution in [0.25, 0.3) is 10.9 Å². The van der Waals surface area contributed by atoms with Crippen LogP contribution in [0, 0.1) is 6.92 Å². The lowest BCUT2D eigenvalue weighted by molar-refractivity contribution is -0.129. The first-order chi connectivity index (χ1) is 10.1. The Kier molecular flexibility index (Phi) is 3.53. The normalized spacial score (nSPS) is 18.2. The summed E-state index contributed by atoms with van der Waals surface area (Å²) in [7, 11) is 3.65. The van der Waals surface area contributed by atoms with Crippen molar-refractivity contribution in [2.45, 2.75) is 25.8 Å². The maximum atomic E-state index is 12.4. The second-order valence-corrected chi connectivity index (χ2v) is 5.93. The van der Waals surface area contributed by atoms with Crippen LogP contribution < -0.4 is 4.90 Å². The van der Waals surface area contributed by atoms with Gasteiger partial charge in [-0.3, -0.25) is 9.78 Å². The number of likely N-dealkylation sites (N-methyl/N-ethyl adjacent to an activating group) is 1. The Morgan fingerprint density at radius 1 is 1.33 bits per heavy atom. The van der Waals surface area contributed by atoms with E-state index in [2.05, 4.69) is 28.9 Å². The van der Waals surface area contributed by atoms with E-state index >= 15 is 0 Å². The highest BCUT2D eigenvalue weighted by atomic mass is 16.2. The fourth-order valence-corrected chi connectivity index (χ4v) is 3.11. The predicted molar refractivity (Wildman–Crippen MR) is 85.5 cm³/mol. The SMILES string of the molecule is Cc1ccc2nccc(N3CCCC3C(=O)N(C)C)c2c1. The summed E-state index contributed by atoms with van der Waals surface area (Å²) in [5, 5.41) is 1.14. The number of nitrogens with zero attached hydrogens (tertiary/aromatic N) is 3. The number of hydrogen-bond acceptors (Lipinski definition) is 3. The summed E-state index contributed by atoms with van der Waals surface area (Å²) in [6, 6.07) is 8.26. The number of aryl methyl sites for hydroxylation is 1. The third kappa shape index (κ3) is 2.46. The molecule has 110 valence electrons. The quantitative estimate of drug-likeness (QED) is 0.850. The number of amides is 1. The molecule has 1 atom stereocenters. The van der Waals surface area contributed by atoms with Crippen LogP contribution in [0.3, 0.4) is 0 Å². The van der Waals surface area contributed by atoms with Gasteiger partial charge in [0, 0.05) is 37.9 Å². The maximum absolute atomic E-state index is 12.4. The van der Waals surface area contributed by atoms with Gasteiger partial charge in [0.1, 0.15) is 6.04 Å². The Labute approximate surface area is 125 Å². The molecule has 1 amide bonds. The lowest BCUT2D eigenvalue weighted by Gasteiger charge is -2.29. The smallest absolute Gasteiger partial charge is 0.244 e. The third-order valence-electron chi connectivity index (χ3n) is 4.16. The molecule has 1 aromatic carbocycles. The van der Waals surface area contributed by atoms with Crippen molar-refractivity contribution in [2.24, 2.45) is 0 Å². The van der Waals surface area contributed by atoms with E-state index in [1.54, 1.807) is 4.90 Å². The Balaban J connectivity index is 2.07. The van der Waals surface area contributed by atoms with Crippen molar-refractivity contribution in [1.29, 1.82) is 0 Å². The third-order valence-corrected chi connectivity index (χ3v) is 4.16. The van der Waals surface area contributed by atoms with E-state index in [1.807, 2.05) is 32.4 Å². The molecule has 21 heavy (non-hydrogen) atoms. The molecule has 1 aliphatic heterocycles. The number of anilines is 1. The molecule has 0 radical (unpaired) electrons. The van der Waals surface area contributed by atoms with E-state index in [0.29, 0.717) is 0 Å². The highest BCUT2D eigenvalue weighted by molar-refractivity contribution is 5.95. The zero-order valence-corrected chi connectivity index (χ0v) is 12.8. The summed E-state index contributed by atoms with van der Waals surface area (Å²) in [5.41, 5.74) is 3.33. The van der Waals surface area contributed by atoms with Crippen molar-refractivity contribution < 1.29 is 4.79 Å². The first-order valence-electron chi connectivity index (χ1n) is 7.41. The molecule has 1 unspecified atom stereocenters. The number of benzene rings is 1. The minimum Gasteiger partial charge on any atom is -0.359 e. The van der Waals surface area contributed by atoms with Crippen LogP contribution in [0.2, 0.25) is 0 Å². The van der Waals surface area contributed by atoms with Crippen LogP contribution in [-0.4, -0.2) is 42.5 Å². The van der Waals surface area contributed by atoms with E-state index in [4.69, 9.17) is 0 Å². The summed E-state index contributed by atoms with van der Waals surface area (Å²) < 4.78 is 0. The summed E-state index contributed by atoms with van der Waals surface area (Å²) in [4.78, 5) is 20.8. The fourth-order valence-electron chi connectivity index (χ4n) is 3.11. The van der Waals surface area contributed by atoms with Crippen molar-refractivity contribution in [3.05, 3.63) is 36.0 Å². The molecule has 2 aromatic rings. The zero-order valence-electron chi connectivity index (χ0n) is 12.8. The van der Waals surface area contributed by atoms with Gasteiger partial charge in [0.2, 0.25) is 5.91 Å². The van der Waals surface area contributed by atoms with Crippen molar-refractivity contribution >= 4 is 22.5 Å². The lowest BCUT2D eigenvalue weighted by Crippen LogP contribution is -2.42. The van der Waals surface area contributed by atoms with Gasteiger partial charge in [-0.15, -0.1) is 0 Å². The Bertz CT molecular complexity index is 681. The molecule has 3 rings (SSSR count). The van der Waals surface area contributed by atoms with Gasteiger partial charge < -0.3 is 9.80 Å². The molecule has 4 heteroatoms. The van der Waals surface area contributed by atoms with E-state index in [0.717, 1.165) is 36.0 Å². The van der Waals surface area contributed by atoms with E-state index in [9.17, 15) is 4.79 Å². The van der Waals surface area contributed by atoms with Gasteiger partial charge in [0.15, 0.2) is 0 Å². The molecule has 0 spiro atoms. The fraction of sp³-hybridized carbons (Fsp3) is 0.412. The largest absolute Gasteiger partial charge is 0.359 e. The number of carbonyl (C=O) groups excluding carboxylic acids is 1. The highest BCUT2D eigenvalue weighted by Crippen LogP contribution is 2.32. The second kappa shape index (κ2) is 5.35. The van der Waals surface area contributed by atoms with Gasteiger partial charge in [0.05, 0.1) is 5.52 Å². The molecule has 4 nitrogen and oxygen atoms in total. The highest BCUT2D eigenvalue weighted by Gasteiger charge is 2.32. The molecule has 0 saturated carbocycles. The molecule has 1 aliphatic rings. The van der Waals surface area contributed by atoms with Crippen LogP contribution in [0.4, 0.5) is 5.69 Å². The van der Waals surface area contributed by atoms with Crippen LogP contribution in [0.15, 0.2) is 30.5 Å². The minimum absolute atomic E-state index is 0.0499. The van der Waals surface area contributed by atoms with E-state index in [1.165, 1.54) is 5.56 Å². The average molecular weight is 283 g/mol. The number of fused-ring (bicyclic) bond motifs is 1. The Morgan fingerprint density at radius 2 is 2.14 bits per heavy atom. The van der Waals surface area contributed by atoms with Gasteiger partial charge in [-0.2, -0.15) is 0 Å². The summed E-state index contributed by atoms with van der Waals surface area (Å²) in [6.07, 6.45) is 3.81. The Hall–Kier alpha value is -2.10. The maximum Gasteiger partial charge on any atom is 0.244 e. The molecule has 0 aliphatic carbocycles. The number of hydrogen-bond donors (Lipinski definition) is 0. The van der Waals surface area contributed by atoms with Crippen molar-refractivity contribution in [2.75, 3.05) is 25.5 Å². The molecule has 1 fully saturated rings. The van der Waals surface area contributed by atoms with Gasteiger partial charge in [-0.1, -0.05) is 11.6 Å². The number of aromatic nitrogens is 1. The van der Waals surface area contributed by atoms with Crippen molar-refractivity contribution in [3.8, 4) is 0 Å². The minimum atomic E-state index is -0.0499. The molecule has 0 bridgehead atoms. The van der Waals surface area contributed by atoms with Crippen molar-refractivity contribution in [1.82, 2.24) is 9.88 Å². The molecular formula is C17H21N3O.